The number of amides is 1. The van der Waals surface area contributed by atoms with Gasteiger partial charge in [0.1, 0.15) is 0 Å². The van der Waals surface area contributed by atoms with E-state index in [4.69, 9.17) is 17.3 Å². The second kappa shape index (κ2) is 4.89. The van der Waals surface area contributed by atoms with Gasteiger partial charge in [0.2, 0.25) is 5.91 Å². The van der Waals surface area contributed by atoms with Crippen molar-refractivity contribution in [3.8, 4) is 0 Å². The van der Waals surface area contributed by atoms with Crippen LogP contribution >= 0.6 is 11.6 Å². The van der Waals surface area contributed by atoms with Gasteiger partial charge in [-0.1, -0.05) is 17.7 Å². The van der Waals surface area contributed by atoms with Crippen LogP contribution in [-0.2, 0) is 4.79 Å². The fourth-order valence-corrected chi connectivity index (χ4v) is 1.19. The molecule has 0 aliphatic heterocycles. The Balaban J connectivity index is 2.66. The largest absolute Gasteiger partial charge is 0.396 e. The molecule has 82 valence electrons. The second-order valence-electron chi connectivity index (χ2n) is 3.34. The van der Waals surface area contributed by atoms with Crippen LogP contribution in [-0.4, -0.2) is 31.4 Å². The molecule has 0 heterocycles. The summed E-state index contributed by atoms with van der Waals surface area (Å²) < 4.78 is 0. The molecule has 0 bridgehead atoms. The van der Waals surface area contributed by atoms with Crippen LogP contribution in [0, 0.1) is 0 Å². The first-order valence-corrected chi connectivity index (χ1v) is 4.88. The first kappa shape index (κ1) is 11.7. The van der Waals surface area contributed by atoms with Crippen molar-refractivity contribution < 1.29 is 4.79 Å². The average Bonchev–Trinajstić information content (AvgIpc) is 2.19. The Bertz CT molecular complexity index is 366. The summed E-state index contributed by atoms with van der Waals surface area (Å²) in [6, 6.07) is 5.27. The predicted molar refractivity (Wildman–Crippen MR) is 63.0 cm³/mol. The van der Waals surface area contributed by atoms with Gasteiger partial charge in [-0.25, -0.2) is 0 Å². The van der Waals surface area contributed by atoms with Crippen LogP contribution in [0.1, 0.15) is 0 Å². The molecule has 0 saturated heterocycles. The minimum Gasteiger partial charge on any atom is -0.396 e. The predicted octanol–water partition coefficient (Wildman–Crippen LogP) is 1.42. The minimum atomic E-state index is -0.0191. The molecule has 4 nitrogen and oxygen atoms in total. The zero-order valence-electron chi connectivity index (χ0n) is 8.75. The molecule has 1 aromatic rings. The lowest BCUT2D eigenvalue weighted by Gasteiger charge is -2.13. The molecule has 0 spiro atoms. The number of hydrogen-bond donors (Lipinski definition) is 2. The summed E-state index contributed by atoms with van der Waals surface area (Å²) in [5, 5.41) is 3.42. The first-order chi connectivity index (χ1) is 7.02. The van der Waals surface area contributed by atoms with Crippen molar-refractivity contribution in [3.63, 3.8) is 0 Å². The van der Waals surface area contributed by atoms with E-state index in [9.17, 15) is 4.79 Å². The number of carbonyl (C=O) groups excluding carboxylic acids is 1. The molecule has 3 N–H and O–H groups in total. The number of nitrogen functional groups attached to an aromatic ring is 1. The first-order valence-electron chi connectivity index (χ1n) is 4.50. The molecule has 0 aliphatic rings. The summed E-state index contributed by atoms with van der Waals surface area (Å²) in [7, 11) is 3.40. The maximum Gasteiger partial charge on any atom is 0.241 e. The third-order valence-corrected chi connectivity index (χ3v) is 2.31. The van der Waals surface area contributed by atoms with E-state index in [1.165, 1.54) is 4.90 Å². The number of nitrogens with zero attached hydrogens (tertiary/aromatic N) is 1. The highest BCUT2D eigenvalue weighted by molar-refractivity contribution is 6.33. The van der Waals surface area contributed by atoms with Gasteiger partial charge in [0.05, 0.1) is 22.9 Å². The standard InChI is InChI=1S/C10H14ClN3O/c1-14(2)9(15)6-13-8-5-3-4-7(11)10(8)12/h3-5,13H,6,12H2,1-2H3. The van der Waals surface area contributed by atoms with E-state index in [1.807, 2.05) is 0 Å². The quantitative estimate of drug-likeness (QED) is 0.768. The van der Waals surface area contributed by atoms with Crippen molar-refractivity contribution in [2.45, 2.75) is 0 Å². The Labute approximate surface area is 94.0 Å². The maximum absolute atomic E-state index is 11.3. The number of likely N-dealkylation sites (N-methyl/N-ethyl adjacent to an activating group) is 1. The number of nitrogens with one attached hydrogen (secondary N) is 1. The summed E-state index contributed by atoms with van der Waals surface area (Å²) in [5.41, 5.74) is 6.87. The topological polar surface area (TPSA) is 58.4 Å². The Morgan fingerprint density at radius 3 is 2.80 bits per heavy atom. The number of nitrogens with two attached hydrogens (primary N) is 1. The van der Waals surface area contributed by atoms with Gasteiger partial charge in [0.25, 0.3) is 0 Å². The van der Waals surface area contributed by atoms with Crippen molar-refractivity contribution in [2.75, 3.05) is 31.7 Å². The lowest BCUT2D eigenvalue weighted by Crippen LogP contribution is -2.28. The SMILES string of the molecule is CN(C)C(=O)CNc1cccc(Cl)c1N. The van der Waals surface area contributed by atoms with Gasteiger partial charge in [-0.2, -0.15) is 0 Å². The van der Waals surface area contributed by atoms with E-state index < -0.39 is 0 Å². The van der Waals surface area contributed by atoms with E-state index in [-0.39, 0.29) is 12.5 Å². The van der Waals surface area contributed by atoms with Gasteiger partial charge in [0.15, 0.2) is 0 Å². The lowest BCUT2D eigenvalue weighted by atomic mass is 10.2. The van der Waals surface area contributed by atoms with Crippen molar-refractivity contribution in [2.24, 2.45) is 0 Å². The fraction of sp³-hybridized carbons (Fsp3) is 0.300. The highest BCUT2D eigenvalue weighted by atomic mass is 35.5. The van der Waals surface area contributed by atoms with Gasteiger partial charge in [0, 0.05) is 14.1 Å². The zero-order chi connectivity index (χ0) is 11.4. The number of hydrogen-bond acceptors (Lipinski definition) is 3. The van der Waals surface area contributed by atoms with Crippen LogP contribution in [0.4, 0.5) is 11.4 Å². The molecule has 0 atom stereocenters. The maximum atomic E-state index is 11.3. The van der Waals surface area contributed by atoms with Crippen LogP contribution in [0.25, 0.3) is 0 Å². The highest BCUT2D eigenvalue weighted by Gasteiger charge is 2.06. The summed E-state index contributed by atoms with van der Waals surface area (Å²) in [4.78, 5) is 12.8. The van der Waals surface area contributed by atoms with E-state index in [1.54, 1.807) is 32.3 Å². The second-order valence-corrected chi connectivity index (χ2v) is 3.75. The molecule has 1 amide bonds. The number of carbonyl (C=O) groups is 1. The van der Waals surface area contributed by atoms with E-state index in [0.29, 0.717) is 16.4 Å². The molecule has 5 heteroatoms. The number of para-hydroxylation sites is 1. The highest BCUT2D eigenvalue weighted by Crippen LogP contribution is 2.26. The summed E-state index contributed by atoms with van der Waals surface area (Å²) >= 11 is 5.83. The number of benzene rings is 1. The van der Waals surface area contributed by atoms with Gasteiger partial charge in [-0.05, 0) is 12.1 Å². The van der Waals surface area contributed by atoms with Crippen LogP contribution in [0.5, 0.6) is 0 Å². The van der Waals surface area contributed by atoms with Crippen molar-refractivity contribution in [3.05, 3.63) is 23.2 Å². The normalized spacial score (nSPS) is 9.80. The van der Waals surface area contributed by atoms with Gasteiger partial charge in [-0.3, -0.25) is 4.79 Å². The van der Waals surface area contributed by atoms with Crippen molar-refractivity contribution in [1.29, 1.82) is 0 Å². The van der Waals surface area contributed by atoms with E-state index >= 15 is 0 Å². The molecule has 0 aliphatic carbocycles. The summed E-state index contributed by atoms with van der Waals surface area (Å²) in [5.74, 6) is -0.0191. The average molecular weight is 228 g/mol. The van der Waals surface area contributed by atoms with E-state index in [2.05, 4.69) is 5.32 Å². The number of anilines is 2. The van der Waals surface area contributed by atoms with Gasteiger partial charge >= 0.3 is 0 Å². The summed E-state index contributed by atoms with van der Waals surface area (Å²) in [6.45, 7) is 0.206. The van der Waals surface area contributed by atoms with Crippen LogP contribution in [0.3, 0.4) is 0 Å². The molecule has 0 saturated carbocycles. The minimum absolute atomic E-state index is 0.0191. The molecule has 0 aromatic heterocycles. The van der Waals surface area contributed by atoms with Crippen LogP contribution in [0.15, 0.2) is 18.2 Å². The zero-order valence-corrected chi connectivity index (χ0v) is 9.51. The Morgan fingerprint density at radius 1 is 1.53 bits per heavy atom. The summed E-state index contributed by atoms with van der Waals surface area (Å²) in [6.07, 6.45) is 0. The molecule has 0 unspecified atom stereocenters. The smallest absolute Gasteiger partial charge is 0.241 e. The molecule has 0 radical (unpaired) electrons. The molecular weight excluding hydrogens is 214 g/mol. The Morgan fingerprint density at radius 2 is 2.20 bits per heavy atom. The van der Waals surface area contributed by atoms with Crippen molar-refractivity contribution >= 4 is 28.9 Å². The van der Waals surface area contributed by atoms with Gasteiger partial charge in [-0.15, -0.1) is 0 Å². The van der Waals surface area contributed by atoms with E-state index in [0.717, 1.165) is 0 Å². The number of rotatable bonds is 3. The Kier molecular flexibility index (Phi) is 3.80. The third kappa shape index (κ3) is 3.02. The third-order valence-electron chi connectivity index (χ3n) is 1.98. The lowest BCUT2D eigenvalue weighted by molar-refractivity contribution is -0.126. The molecule has 1 rings (SSSR count). The molecule has 0 fully saturated rings. The Hall–Kier alpha value is -1.42. The van der Waals surface area contributed by atoms with Crippen molar-refractivity contribution in [1.82, 2.24) is 4.90 Å². The molecular formula is C10H14ClN3O. The van der Waals surface area contributed by atoms with Gasteiger partial charge < -0.3 is 16.0 Å². The van der Waals surface area contributed by atoms with Crippen LogP contribution in [0.2, 0.25) is 5.02 Å². The van der Waals surface area contributed by atoms with Crippen LogP contribution < -0.4 is 11.1 Å². The molecule has 15 heavy (non-hydrogen) atoms. The fourth-order valence-electron chi connectivity index (χ4n) is 1.02. The molecule has 1 aromatic carbocycles. The monoisotopic (exact) mass is 227 g/mol. The number of halogens is 1.